The SMILES string of the molecule is OCCOc1ccnc2c(C(F)(F)F)cccc12. The Bertz CT molecular complexity index is 555. The molecular weight excluding hydrogens is 247 g/mol. The van der Waals surface area contributed by atoms with Gasteiger partial charge in [-0.15, -0.1) is 0 Å². The van der Waals surface area contributed by atoms with E-state index in [2.05, 4.69) is 4.98 Å². The number of benzene rings is 1. The first-order chi connectivity index (χ1) is 8.54. The number of aromatic nitrogens is 1. The highest BCUT2D eigenvalue weighted by Gasteiger charge is 2.33. The number of hydrogen-bond acceptors (Lipinski definition) is 3. The van der Waals surface area contributed by atoms with Gasteiger partial charge in [0.05, 0.1) is 17.7 Å². The predicted molar refractivity (Wildman–Crippen MR) is 59.3 cm³/mol. The zero-order valence-electron chi connectivity index (χ0n) is 9.24. The van der Waals surface area contributed by atoms with Gasteiger partial charge in [-0.1, -0.05) is 6.07 Å². The fourth-order valence-corrected chi connectivity index (χ4v) is 1.66. The van der Waals surface area contributed by atoms with Crippen LogP contribution in [-0.4, -0.2) is 23.3 Å². The molecule has 3 nitrogen and oxygen atoms in total. The van der Waals surface area contributed by atoms with E-state index in [1.165, 1.54) is 24.4 Å². The summed E-state index contributed by atoms with van der Waals surface area (Å²) in [6.45, 7) is -0.182. The number of fused-ring (bicyclic) bond motifs is 1. The second kappa shape index (κ2) is 4.81. The molecule has 0 radical (unpaired) electrons. The molecule has 0 aliphatic rings. The van der Waals surface area contributed by atoms with Crippen molar-refractivity contribution in [2.45, 2.75) is 6.18 Å². The maximum atomic E-state index is 12.8. The summed E-state index contributed by atoms with van der Waals surface area (Å²) >= 11 is 0. The Balaban J connectivity index is 2.58. The van der Waals surface area contributed by atoms with E-state index in [4.69, 9.17) is 9.84 Å². The van der Waals surface area contributed by atoms with Gasteiger partial charge in [0.15, 0.2) is 0 Å². The van der Waals surface area contributed by atoms with Crippen LogP contribution in [-0.2, 0) is 6.18 Å². The average molecular weight is 257 g/mol. The van der Waals surface area contributed by atoms with Crippen molar-refractivity contribution in [1.29, 1.82) is 0 Å². The first kappa shape index (κ1) is 12.6. The molecule has 0 fully saturated rings. The van der Waals surface area contributed by atoms with E-state index in [0.29, 0.717) is 0 Å². The summed E-state index contributed by atoms with van der Waals surface area (Å²) in [5.41, 5.74) is -0.949. The quantitative estimate of drug-likeness (QED) is 0.919. The molecule has 18 heavy (non-hydrogen) atoms. The van der Waals surface area contributed by atoms with Crippen LogP contribution in [0.3, 0.4) is 0 Å². The van der Waals surface area contributed by atoms with Crippen molar-refractivity contribution in [1.82, 2.24) is 4.98 Å². The highest BCUT2D eigenvalue weighted by molar-refractivity contribution is 5.87. The van der Waals surface area contributed by atoms with Crippen LogP contribution < -0.4 is 4.74 Å². The number of para-hydroxylation sites is 1. The number of pyridine rings is 1. The molecule has 6 heteroatoms. The first-order valence-electron chi connectivity index (χ1n) is 5.22. The smallest absolute Gasteiger partial charge is 0.418 e. The molecule has 1 heterocycles. The number of hydrogen-bond donors (Lipinski definition) is 1. The van der Waals surface area contributed by atoms with Crippen LogP contribution >= 0.6 is 0 Å². The molecule has 1 aromatic carbocycles. The summed E-state index contributed by atoms with van der Waals surface area (Å²) in [5, 5.41) is 8.94. The molecular formula is C12H10F3NO2. The van der Waals surface area contributed by atoms with Gasteiger partial charge in [0.2, 0.25) is 0 Å². The third kappa shape index (κ3) is 2.38. The van der Waals surface area contributed by atoms with E-state index in [1.54, 1.807) is 0 Å². The van der Waals surface area contributed by atoms with Crippen molar-refractivity contribution in [3.63, 3.8) is 0 Å². The van der Waals surface area contributed by atoms with E-state index in [1.807, 2.05) is 0 Å². The molecule has 2 rings (SSSR count). The Morgan fingerprint density at radius 2 is 2.00 bits per heavy atom. The van der Waals surface area contributed by atoms with Gasteiger partial charge in [-0.05, 0) is 18.2 Å². The molecule has 0 unspecified atom stereocenters. The number of nitrogens with zero attached hydrogens (tertiary/aromatic N) is 1. The number of halogens is 3. The molecule has 0 saturated heterocycles. The highest BCUT2D eigenvalue weighted by atomic mass is 19.4. The van der Waals surface area contributed by atoms with Gasteiger partial charge in [-0.25, -0.2) is 0 Å². The van der Waals surface area contributed by atoms with Crippen LogP contribution in [0.15, 0.2) is 30.5 Å². The van der Waals surface area contributed by atoms with Crippen molar-refractivity contribution < 1.29 is 23.0 Å². The molecule has 0 spiro atoms. The topological polar surface area (TPSA) is 42.4 Å². The first-order valence-corrected chi connectivity index (χ1v) is 5.22. The van der Waals surface area contributed by atoms with Crippen molar-refractivity contribution in [2.75, 3.05) is 13.2 Å². The van der Waals surface area contributed by atoms with Crippen molar-refractivity contribution in [3.05, 3.63) is 36.0 Å². The van der Waals surface area contributed by atoms with Gasteiger partial charge in [0, 0.05) is 11.6 Å². The van der Waals surface area contributed by atoms with E-state index in [0.717, 1.165) is 6.07 Å². The minimum Gasteiger partial charge on any atom is -0.490 e. The Kier molecular flexibility index (Phi) is 3.38. The third-order valence-electron chi connectivity index (χ3n) is 2.39. The molecule has 0 atom stereocenters. The lowest BCUT2D eigenvalue weighted by Crippen LogP contribution is -2.07. The predicted octanol–water partition coefficient (Wildman–Crippen LogP) is 2.62. The maximum Gasteiger partial charge on any atom is 0.418 e. The van der Waals surface area contributed by atoms with Crippen molar-refractivity contribution in [3.8, 4) is 5.75 Å². The summed E-state index contributed by atoms with van der Waals surface area (Å²) in [6.07, 6.45) is -3.20. The normalized spacial score (nSPS) is 11.8. The molecule has 1 aromatic heterocycles. The largest absolute Gasteiger partial charge is 0.490 e. The molecule has 0 bridgehead atoms. The number of ether oxygens (including phenoxy) is 1. The summed E-state index contributed by atoms with van der Waals surface area (Å²) < 4.78 is 43.5. The van der Waals surface area contributed by atoms with Crippen LogP contribution in [0.5, 0.6) is 5.75 Å². The molecule has 0 aliphatic carbocycles. The number of rotatable bonds is 3. The Morgan fingerprint density at radius 1 is 1.22 bits per heavy atom. The molecule has 0 aliphatic heterocycles. The second-order valence-corrected chi connectivity index (χ2v) is 3.58. The minimum atomic E-state index is -4.46. The Labute approximate surface area is 101 Å². The van der Waals surface area contributed by atoms with Gasteiger partial charge >= 0.3 is 6.18 Å². The summed E-state index contributed by atoms with van der Waals surface area (Å²) in [7, 11) is 0. The van der Waals surface area contributed by atoms with Crippen LogP contribution in [0.2, 0.25) is 0 Å². The van der Waals surface area contributed by atoms with Gasteiger partial charge in [-0.2, -0.15) is 13.2 Å². The van der Waals surface area contributed by atoms with Crippen LogP contribution in [0.4, 0.5) is 13.2 Å². The number of alkyl halides is 3. The van der Waals surface area contributed by atoms with Gasteiger partial charge in [0.1, 0.15) is 12.4 Å². The van der Waals surface area contributed by atoms with Gasteiger partial charge in [-0.3, -0.25) is 4.98 Å². The maximum absolute atomic E-state index is 12.8. The third-order valence-corrected chi connectivity index (χ3v) is 2.39. The van der Waals surface area contributed by atoms with E-state index in [9.17, 15) is 13.2 Å². The monoisotopic (exact) mass is 257 g/mol. The summed E-state index contributed by atoms with van der Waals surface area (Å²) in [6, 6.07) is 5.26. The molecule has 0 amide bonds. The lowest BCUT2D eigenvalue weighted by Gasteiger charge is -2.12. The number of aliphatic hydroxyl groups is 1. The zero-order chi connectivity index (χ0) is 13.2. The van der Waals surface area contributed by atoms with E-state index < -0.39 is 11.7 Å². The van der Waals surface area contributed by atoms with Crippen LogP contribution in [0.1, 0.15) is 5.56 Å². The van der Waals surface area contributed by atoms with Crippen molar-refractivity contribution >= 4 is 10.9 Å². The Morgan fingerprint density at radius 3 is 2.67 bits per heavy atom. The fourth-order valence-electron chi connectivity index (χ4n) is 1.66. The summed E-state index contributed by atoms with van der Waals surface area (Å²) in [4.78, 5) is 3.75. The van der Waals surface area contributed by atoms with Gasteiger partial charge in [0.25, 0.3) is 0 Å². The standard InChI is InChI=1S/C12H10F3NO2/c13-12(14,15)9-3-1-2-8-10(18-7-6-17)4-5-16-11(8)9/h1-5,17H,6-7H2. The van der Waals surface area contributed by atoms with Gasteiger partial charge < -0.3 is 9.84 Å². The zero-order valence-corrected chi connectivity index (χ0v) is 9.24. The molecule has 96 valence electrons. The number of aliphatic hydroxyl groups excluding tert-OH is 1. The molecule has 0 saturated carbocycles. The van der Waals surface area contributed by atoms with Crippen LogP contribution in [0, 0.1) is 0 Å². The Hall–Kier alpha value is -1.82. The summed E-state index contributed by atoms with van der Waals surface area (Å²) in [5.74, 6) is 0.278. The second-order valence-electron chi connectivity index (χ2n) is 3.58. The average Bonchev–Trinajstić information content (AvgIpc) is 2.34. The lowest BCUT2D eigenvalue weighted by atomic mass is 10.1. The molecule has 2 aromatic rings. The molecule has 1 N–H and O–H groups in total. The minimum absolute atomic E-state index is 0.0232. The van der Waals surface area contributed by atoms with Crippen LogP contribution in [0.25, 0.3) is 10.9 Å². The van der Waals surface area contributed by atoms with E-state index >= 15 is 0 Å². The lowest BCUT2D eigenvalue weighted by molar-refractivity contribution is -0.136. The van der Waals surface area contributed by atoms with E-state index in [-0.39, 0.29) is 29.9 Å². The fraction of sp³-hybridized carbons (Fsp3) is 0.250. The van der Waals surface area contributed by atoms with Crippen molar-refractivity contribution in [2.24, 2.45) is 0 Å². The highest BCUT2D eigenvalue weighted by Crippen LogP contribution is 2.36.